The minimum atomic E-state index is -0.995. The van der Waals surface area contributed by atoms with E-state index in [9.17, 15) is 14.7 Å². The Morgan fingerprint density at radius 2 is 1.70 bits per heavy atom. The van der Waals surface area contributed by atoms with E-state index in [1.165, 1.54) is 0 Å². The number of fused-ring (bicyclic) bond motifs is 2. The summed E-state index contributed by atoms with van der Waals surface area (Å²) in [5.41, 5.74) is 1.76. The summed E-state index contributed by atoms with van der Waals surface area (Å²) in [5.74, 6) is -2.79. The second-order valence-corrected chi connectivity index (χ2v) is 5.20. The molecule has 1 saturated heterocycles. The van der Waals surface area contributed by atoms with E-state index in [1.54, 1.807) is 24.3 Å². The highest BCUT2D eigenvalue weighted by Crippen LogP contribution is 2.39. The van der Waals surface area contributed by atoms with E-state index in [0.29, 0.717) is 5.69 Å². The number of benzene rings is 1. The lowest BCUT2D eigenvalue weighted by atomic mass is 9.82. The van der Waals surface area contributed by atoms with E-state index in [-0.39, 0.29) is 5.91 Å². The molecule has 1 amide bonds. The van der Waals surface area contributed by atoms with Gasteiger partial charge in [0.15, 0.2) is 0 Å². The third-order valence-corrected chi connectivity index (χ3v) is 3.81. The van der Waals surface area contributed by atoms with Crippen molar-refractivity contribution in [1.29, 1.82) is 0 Å². The zero-order chi connectivity index (χ0) is 14.3. The molecule has 3 rings (SSSR count). The van der Waals surface area contributed by atoms with Gasteiger partial charge in [-0.3, -0.25) is 9.59 Å². The highest BCUT2D eigenvalue weighted by molar-refractivity contribution is 5.96. The Balaban J connectivity index is 1.78. The van der Waals surface area contributed by atoms with E-state index in [0.717, 1.165) is 5.56 Å². The van der Waals surface area contributed by atoms with Crippen LogP contribution >= 0.6 is 0 Å². The maximum Gasteiger partial charge on any atom is 0.310 e. The normalized spacial score (nSPS) is 30.4. The largest absolute Gasteiger partial charge is 0.481 e. The first-order valence-corrected chi connectivity index (χ1v) is 6.50. The number of carboxylic acids is 1. The topological polar surface area (TPSA) is 75.6 Å². The van der Waals surface area contributed by atoms with E-state index in [2.05, 4.69) is 5.32 Å². The minimum absolute atomic E-state index is 0.307. The molecule has 0 aliphatic carbocycles. The number of ether oxygens (including phenoxy) is 1. The van der Waals surface area contributed by atoms with E-state index < -0.39 is 30.0 Å². The van der Waals surface area contributed by atoms with Gasteiger partial charge in [-0.25, -0.2) is 0 Å². The van der Waals surface area contributed by atoms with Crippen LogP contribution in [-0.2, 0) is 14.3 Å². The van der Waals surface area contributed by atoms with Crippen LogP contribution in [0.5, 0.6) is 0 Å². The standard InChI is InChI=1S/C15H15NO4/c1-8-2-4-9(5-3-8)16-14(17)12-10-6-7-11(20-10)13(12)15(18)19/h2-7,10-13H,1H3,(H,16,17)(H,18,19). The number of carbonyl (C=O) groups is 2. The molecule has 0 radical (unpaired) electrons. The zero-order valence-corrected chi connectivity index (χ0v) is 10.9. The molecule has 1 aromatic carbocycles. The molecule has 104 valence electrons. The smallest absolute Gasteiger partial charge is 0.310 e. The number of hydrogen-bond donors (Lipinski definition) is 2. The number of carboxylic acid groups (broad SMARTS) is 1. The second-order valence-electron chi connectivity index (χ2n) is 5.20. The van der Waals surface area contributed by atoms with Crippen molar-refractivity contribution < 1.29 is 19.4 Å². The van der Waals surface area contributed by atoms with E-state index in [1.807, 2.05) is 19.1 Å². The lowest BCUT2D eigenvalue weighted by molar-refractivity contribution is -0.145. The van der Waals surface area contributed by atoms with Crippen LogP contribution in [0.2, 0.25) is 0 Å². The first-order chi connectivity index (χ1) is 9.56. The van der Waals surface area contributed by atoms with Crippen LogP contribution in [0.15, 0.2) is 36.4 Å². The van der Waals surface area contributed by atoms with Gasteiger partial charge in [0.1, 0.15) is 5.92 Å². The van der Waals surface area contributed by atoms with Gasteiger partial charge in [0.25, 0.3) is 0 Å². The van der Waals surface area contributed by atoms with Crippen LogP contribution in [-0.4, -0.2) is 29.2 Å². The van der Waals surface area contributed by atoms with Crippen molar-refractivity contribution in [3.8, 4) is 0 Å². The summed E-state index contributed by atoms with van der Waals surface area (Å²) in [7, 11) is 0. The molecule has 4 unspecified atom stereocenters. The van der Waals surface area contributed by atoms with Crippen LogP contribution < -0.4 is 5.32 Å². The van der Waals surface area contributed by atoms with Gasteiger partial charge in [-0.05, 0) is 19.1 Å². The summed E-state index contributed by atoms with van der Waals surface area (Å²) >= 11 is 0. The average Bonchev–Trinajstić information content (AvgIpc) is 3.01. The van der Waals surface area contributed by atoms with Crippen molar-refractivity contribution in [2.45, 2.75) is 19.1 Å². The zero-order valence-electron chi connectivity index (χ0n) is 10.9. The molecule has 5 heteroatoms. The van der Waals surface area contributed by atoms with Crippen LogP contribution in [0.25, 0.3) is 0 Å². The summed E-state index contributed by atoms with van der Waals surface area (Å²) in [6, 6.07) is 7.38. The number of rotatable bonds is 3. The molecule has 0 spiro atoms. The molecular formula is C15H15NO4. The SMILES string of the molecule is Cc1ccc(NC(=O)C2C3C=CC(O3)C2C(=O)O)cc1. The van der Waals surface area contributed by atoms with Crippen molar-refractivity contribution in [2.75, 3.05) is 5.32 Å². The van der Waals surface area contributed by atoms with Gasteiger partial charge in [0.2, 0.25) is 5.91 Å². The number of anilines is 1. The molecule has 0 aromatic heterocycles. The molecule has 2 bridgehead atoms. The number of carbonyl (C=O) groups excluding carboxylic acids is 1. The molecule has 1 aromatic rings. The Morgan fingerprint density at radius 1 is 1.10 bits per heavy atom. The summed E-state index contributed by atoms with van der Waals surface area (Å²) in [5, 5.41) is 12.0. The van der Waals surface area contributed by atoms with Crippen molar-refractivity contribution >= 4 is 17.6 Å². The third-order valence-electron chi connectivity index (χ3n) is 3.81. The summed E-state index contributed by atoms with van der Waals surface area (Å²) in [6.45, 7) is 1.96. The van der Waals surface area contributed by atoms with Crippen molar-refractivity contribution in [3.63, 3.8) is 0 Å². The lowest BCUT2D eigenvalue weighted by Gasteiger charge is -2.21. The maximum absolute atomic E-state index is 12.3. The van der Waals surface area contributed by atoms with Gasteiger partial charge in [0, 0.05) is 5.69 Å². The minimum Gasteiger partial charge on any atom is -0.481 e. The Kier molecular flexibility index (Phi) is 3.06. The molecule has 20 heavy (non-hydrogen) atoms. The molecule has 1 fully saturated rings. The Bertz CT molecular complexity index is 578. The van der Waals surface area contributed by atoms with Gasteiger partial charge < -0.3 is 15.2 Å². The fourth-order valence-electron chi connectivity index (χ4n) is 2.78. The highest BCUT2D eigenvalue weighted by atomic mass is 16.5. The fraction of sp³-hybridized carbons (Fsp3) is 0.333. The molecule has 2 aliphatic rings. The van der Waals surface area contributed by atoms with Crippen molar-refractivity contribution in [3.05, 3.63) is 42.0 Å². The maximum atomic E-state index is 12.3. The average molecular weight is 273 g/mol. The van der Waals surface area contributed by atoms with Gasteiger partial charge in [-0.2, -0.15) is 0 Å². The van der Waals surface area contributed by atoms with Crippen LogP contribution in [0.1, 0.15) is 5.56 Å². The first-order valence-electron chi connectivity index (χ1n) is 6.50. The Hall–Kier alpha value is -2.14. The monoisotopic (exact) mass is 273 g/mol. The predicted molar refractivity (Wildman–Crippen MR) is 72.2 cm³/mol. The van der Waals surface area contributed by atoms with Crippen molar-refractivity contribution in [2.24, 2.45) is 11.8 Å². The highest BCUT2D eigenvalue weighted by Gasteiger charge is 2.53. The number of aryl methyl sites for hydroxylation is 1. The number of hydrogen-bond acceptors (Lipinski definition) is 3. The second kappa shape index (κ2) is 4.76. The lowest BCUT2D eigenvalue weighted by Crippen LogP contribution is -2.39. The van der Waals surface area contributed by atoms with Gasteiger partial charge in [0.05, 0.1) is 18.1 Å². The number of nitrogens with one attached hydrogen (secondary N) is 1. The van der Waals surface area contributed by atoms with Gasteiger partial charge in [-0.15, -0.1) is 0 Å². The molecule has 5 nitrogen and oxygen atoms in total. The Labute approximate surface area is 116 Å². The van der Waals surface area contributed by atoms with Gasteiger partial charge in [-0.1, -0.05) is 29.8 Å². The molecule has 2 heterocycles. The Morgan fingerprint density at radius 3 is 2.30 bits per heavy atom. The van der Waals surface area contributed by atoms with E-state index in [4.69, 9.17) is 4.74 Å². The molecule has 0 saturated carbocycles. The van der Waals surface area contributed by atoms with Crippen LogP contribution in [0.4, 0.5) is 5.69 Å². The first kappa shape index (κ1) is 12.9. The van der Waals surface area contributed by atoms with Gasteiger partial charge >= 0.3 is 5.97 Å². The summed E-state index contributed by atoms with van der Waals surface area (Å²) in [6.07, 6.45) is 2.56. The van der Waals surface area contributed by atoms with Crippen LogP contribution in [0.3, 0.4) is 0 Å². The third kappa shape index (κ3) is 2.10. The molecule has 2 N–H and O–H groups in total. The molecule has 4 atom stereocenters. The quantitative estimate of drug-likeness (QED) is 0.820. The molecule has 2 aliphatic heterocycles. The van der Waals surface area contributed by atoms with E-state index >= 15 is 0 Å². The van der Waals surface area contributed by atoms with Crippen molar-refractivity contribution in [1.82, 2.24) is 0 Å². The predicted octanol–water partition coefficient (Wildman–Crippen LogP) is 1.59. The van der Waals surface area contributed by atoms with Crippen LogP contribution in [0, 0.1) is 18.8 Å². The fourth-order valence-corrected chi connectivity index (χ4v) is 2.78. The molecular weight excluding hydrogens is 258 g/mol. The number of amides is 1. The number of aliphatic carboxylic acids is 1. The summed E-state index contributed by atoms with van der Waals surface area (Å²) in [4.78, 5) is 23.6. The summed E-state index contributed by atoms with van der Waals surface area (Å²) < 4.78 is 5.48.